The zero-order chi connectivity index (χ0) is 14.2. The van der Waals surface area contributed by atoms with Crippen LogP contribution in [0.4, 0.5) is 0 Å². The van der Waals surface area contributed by atoms with E-state index >= 15 is 0 Å². The fourth-order valence-corrected chi connectivity index (χ4v) is 4.02. The second kappa shape index (κ2) is 5.49. The van der Waals surface area contributed by atoms with Crippen molar-refractivity contribution in [3.8, 4) is 0 Å². The predicted octanol–water partition coefficient (Wildman–Crippen LogP) is 3.08. The van der Waals surface area contributed by atoms with Gasteiger partial charge in [-0.25, -0.2) is 0 Å². The van der Waals surface area contributed by atoms with Crippen LogP contribution in [0.3, 0.4) is 0 Å². The number of thiophene rings is 1. The van der Waals surface area contributed by atoms with Gasteiger partial charge in [0.1, 0.15) is 0 Å². The number of carbonyl (C=O) groups excluding carboxylic acids is 1. The number of rotatable bonds is 4. The fourth-order valence-electron chi connectivity index (χ4n) is 3.39. The monoisotopic (exact) mass is 292 g/mol. The molecule has 110 valence electrons. The molecule has 4 heteroatoms. The first kappa shape index (κ1) is 14.1. The maximum atomic E-state index is 12.4. The Morgan fingerprint density at radius 3 is 2.60 bits per heavy atom. The van der Waals surface area contributed by atoms with Gasteiger partial charge in [-0.1, -0.05) is 12.8 Å². The Hall–Kier alpha value is -0.870. The van der Waals surface area contributed by atoms with Crippen LogP contribution in [0.5, 0.6) is 0 Å². The third-order valence-electron chi connectivity index (χ3n) is 5.06. The SMILES string of the molecule is CN(C)C1(CC2CC2)CCN(C(=O)c2ccsc2)CC1. The lowest BCUT2D eigenvalue weighted by molar-refractivity contribution is 0.0363. The van der Waals surface area contributed by atoms with Crippen LogP contribution >= 0.6 is 11.3 Å². The molecule has 1 amide bonds. The molecule has 0 atom stereocenters. The van der Waals surface area contributed by atoms with E-state index in [0.29, 0.717) is 5.54 Å². The summed E-state index contributed by atoms with van der Waals surface area (Å²) in [5, 5.41) is 3.94. The minimum atomic E-state index is 0.213. The lowest BCUT2D eigenvalue weighted by atomic mass is 9.81. The van der Waals surface area contributed by atoms with Crippen molar-refractivity contribution < 1.29 is 4.79 Å². The van der Waals surface area contributed by atoms with Crippen molar-refractivity contribution in [2.24, 2.45) is 5.92 Å². The minimum absolute atomic E-state index is 0.213. The molecule has 2 fully saturated rings. The second-order valence-electron chi connectivity index (χ2n) is 6.57. The molecule has 1 saturated heterocycles. The first-order valence-corrected chi connectivity index (χ1v) is 8.54. The molecule has 1 aliphatic heterocycles. The Bertz CT molecular complexity index is 457. The number of likely N-dealkylation sites (tertiary alicyclic amines) is 1. The Morgan fingerprint density at radius 2 is 2.10 bits per heavy atom. The normalized spacial score (nSPS) is 22.2. The number of piperidine rings is 1. The summed E-state index contributed by atoms with van der Waals surface area (Å²) >= 11 is 1.60. The van der Waals surface area contributed by atoms with E-state index in [9.17, 15) is 4.79 Å². The molecule has 0 aromatic carbocycles. The largest absolute Gasteiger partial charge is 0.338 e. The lowest BCUT2D eigenvalue weighted by Gasteiger charge is -2.46. The van der Waals surface area contributed by atoms with Crippen LogP contribution in [0.15, 0.2) is 16.8 Å². The van der Waals surface area contributed by atoms with Gasteiger partial charge in [0.2, 0.25) is 0 Å². The van der Waals surface area contributed by atoms with E-state index in [4.69, 9.17) is 0 Å². The van der Waals surface area contributed by atoms with E-state index in [-0.39, 0.29) is 5.91 Å². The first-order chi connectivity index (χ1) is 9.61. The van der Waals surface area contributed by atoms with Crippen molar-refractivity contribution in [1.29, 1.82) is 0 Å². The van der Waals surface area contributed by atoms with E-state index < -0.39 is 0 Å². The van der Waals surface area contributed by atoms with E-state index in [2.05, 4.69) is 19.0 Å². The second-order valence-corrected chi connectivity index (χ2v) is 7.35. The Morgan fingerprint density at radius 1 is 1.40 bits per heavy atom. The van der Waals surface area contributed by atoms with Gasteiger partial charge >= 0.3 is 0 Å². The molecule has 0 N–H and O–H groups in total. The summed E-state index contributed by atoms with van der Waals surface area (Å²) in [5.41, 5.74) is 1.18. The summed E-state index contributed by atoms with van der Waals surface area (Å²) in [6.07, 6.45) is 6.37. The fraction of sp³-hybridized carbons (Fsp3) is 0.688. The molecule has 0 unspecified atom stereocenters. The highest BCUT2D eigenvalue weighted by molar-refractivity contribution is 7.08. The number of amides is 1. The van der Waals surface area contributed by atoms with Crippen LogP contribution in [-0.2, 0) is 0 Å². The summed E-state index contributed by atoms with van der Waals surface area (Å²) in [7, 11) is 4.41. The number of nitrogens with zero attached hydrogens (tertiary/aromatic N) is 2. The highest BCUT2D eigenvalue weighted by Gasteiger charge is 2.41. The van der Waals surface area contributed by atoms with Crippen molar-refractivity contribution in [3.05, 3.63) is 22.4 Å². The van der Waals surface area contributed by atoms with Crippen molar-refractivity contribution in [1.82, 2.24) is 9.80 Å². The van der Waals surface area contributed by atoms with E-state index in [0.717, 1.165) is 37.4 Å². The molecule has 0 spiro atoms. The van der Waals surface area contributed by atoms with Gasteiger partial charge < -0.3 is 9.80 Å². The minimum Gasteiger partial charge on any atom is -0.338 e. The molecule has 3 nitrogen and oxygen atoms in total. The van der Waals surface area contributed by atoms with Gasteiger partial charge in [-0.05, 0) is 50.7 Å². The Balaban J connectivity index is 1.64. The topological polar surface area (TPSA) is 23.6 Å². The van der Waals surface area contributed by atoms with Gasteiger partial charge in [-0.3, -0.25) is 4.79 Å². The van der Waals surface area contributed by atoms with E-state index in [1.807, 2.05) is 21.7 Å². The summed E-state index contributed by atoms with van der Waals surface area (Å²) in [5.74, 6) is 1.15. The van der Waals surface area contributed by atoms with Gasteiger partial charge in [0.05, 0.1) is 5.56 Å². The number of carbonyl (C=O) groups is 1. The first-order valence-electron chi connectivity index (χ1n) is 7.60. The highest BCUT2D eigenvalue weighted by Crippen LogP contribution is 2.42. The van der Waals surface area contributed by atoms with Crippen LogP contribution in [-0.4, -0.2) is 48.4 Å². The van der Waals surface area contributed by atoms with Crippen LogP contribution in [0, 0.1) is 5.92 Å². The van der Waals surface area contributed by atoms with Crippen molar-refractivity contribution in [2.45, 2.75) is 37.6 Å². The molecule has 20 heavy (non-hydrogen) atoms. The maximum absolute atomic E-state index is 12.4. The lowest BCUT2D eigenvalue weighted by Crippen LogP contribution is -2.54. The smallest absolute Gasteiger partial charge is 0.254 e. The Labute approximate surface area is 125 Å². The predicted molar refractivity (Wildman–Crippen MR) is 83.2 cm³/mol. The summed E-state index contributed by atoms with van der Waals surface area (Å²) in [6.45, 7) is 1.80. The van der Waals surface area contributed by atoms with Crippen LogP contribution < -0.4 is 0 Å². The van der Waals surface area contributed by atoms with Crippen molar-refractivity contribution >= 4 is 17.2 Å². The maximum Gasteiger partial charge on any atom is 0.254 e. The third kappa shape index (κ3) is 2.77. The van der Waals surface area contributed by atoms with E-state index in [1.54, 1.807) is 11.3 Å². The third-order valence-corrected chi connectivity index (χ3v) is 5.75. The molecule has 2 aliphatic rings. The molecular weight excluding hydrogens is 268 g/mol. The standard InChI is InChI=1S/C16H24N2OS/c1-17(2)16(11-13-3-4-13)6-8-18(9-7-16)15(19)14-5-10-20-12-14/h5,10,12-13H,3-4,6-9,11H2,1-2H3. The highest BCUT2D eigenvalue weighted by atomic mass is 32.1. The van der Waals surface area contributed by atoms with Crippen molar-refractivity contribution in [3.63, 3.8) is 0 Å². The van der Waals surface area contributed by atoms with Gasteiger partial charge in [-0.2, -0.15) is 11.3 Å². The average molecular weight is 292 g/mol. The van der Waals surface area contributed by atoms with Crippen LogP contribution in [0.2, 0.25) is 0 Å². The van der Waals surface area contributed by atoms with Gasteiger partial charge in [0.15, 0.2) is 0 Å². The molecule has 1 aliphatic carbocycles. The summed E-state index contributed by atoms with van der Waals surface area (Å²) in [6, 6.07) is 1.94. The zero-order valence-electron chi connectivity index (χ0n) is 12.5. The van der Waals surface area contributed by atoms with Gasteiger partial charge in [-0.15, -0.1) is 0 Å². The van der Waals surface area contributed by atoms with Gasteiger partial charge in [0.25, 0.3) is 5.91 Å². The molecule has 3 rings (SSSR count). The molecule has 1 aromatic rings. The molecule has 0 radical (unpaired) electrons. The van der Waals surface area contributed by atoms with Crippen molar-refractivity contribution in [2.75, 3.05) is 27.2 Å². The quantitative estimate of drug-likeness (QED) is 0.851. The number of hydrogen-bond acceptors (Lipinski definition) is 3. The average Bonchev–Trinajstić information content (AvgIpc) is 3.08. The van der Waals surface area contributed by atoms with Crippen LogP contribution in [0.25, 0.3) is 0 Å². The summed E-state index contributed by atoms with van der Waals surface area (Å²) in [4.78, 5) is 16.8. The number of hydrogen-bond donors (Lipinski definition) is 0. The van der Waals surface area contributed by atoms with E-state index in [1.165, 1.54) is 19.3 Å². The molecule has 1 saturated carbocycles. The zero-order valence-corrected chi connectivity index (χ0v) is 13.3. The Kier molecular flexibility index (Phi) is 3.87. The van der Waals surface area contributed by atoms with Gasteiger partial charge in [0, 0.05) is 24.0 Å². The molecular formula is C16H24N2OS. The molecule has 2 heterocycles. The summed E-state index contributed by atoms with van der Waals surface area (Å²) < 4.78 is 0. The molecule has 0 bridgehead atoms. The van der Waals surface area contributed by atoms with Crippen LogP contribution in [0.1, 0.15) is 42.5 Å². The molecule has 1 aromatic heterocycles.